The van der Waals surface area contributed by atoms with Gasteiger partial charge < -0.3 is 15.0 Å². The molecule has 4 rings (SSSR count). The summed E-state index contributed by atoms with van der Waals surface area (Å²) >= 11 is 6.13. The number of nitrogens with one attached hydrogen (secondary N) is 2. The number of aromatic nitrogens is 2. The van der Waals surface area contributed by atoms with Crippen LogP contribution in [0.3, 0.4) is 0 Å². The van der Waals surface area contributed by atoms with Crippen molar-refractivity contribution in [3.63, 3.8) is 0 Å². The van der Waals surface area contributed by atoms with Crippen LogP contribution in [0.4, 0.5) is 0 Å². The summed E-state index contributed by atoms with van der Waals surface area (Å²) < 4.78 is 31.2. The van der Waals surface area contributed by atoms with E-state index in [1.165, 1.54) is 25.3 Å². The van der Waals surface area contributed by atoms with Crippen molar-refractivity contribution in [1.82, 2.24) is 15.3 Å². The Bertz CT molecular complexity index is 1330. The average Bonchev–Trinajstić information content (AvgIpc) is 3.22. The molecule has 0 saturated heterocycles. The predicted octanol–water partition coefficient (Wildman–Crippen LogP) is 3.99. The van der Waals surface area contributed by atoms with E-state index in [0.717, 1.165) is 16.5 Å². The third-order valence-electron chi connectivity index (χ3n) is 4.77. The Morgan fingerprint density at radius 3 is 2.65 bits per heavy atom. The number of carbonyl (C=O) groups is 1. The Balaban J connectivity index is 1.50. The van der Waals surface area contributed by atoms with Crippen LogP contribution in [0.5, 0.6) is 5.75 Å². The Morgan fingerprint density at radius 1 is 1.16 bits per heavy atom. The van der Waals surface area contributed by atoms with Crippen molar-refractivity contribution >= 4 is 38.2 Å². The third-order valence-corrected chi connectivity index (χ3v) is 7.05. The van der Waals surface area contributed by atoms with Crippen molar-refractivity contribution < 1.29 is 17.9 Å². The quantitative estimate of drug-likeness (QED) is 0.457. The van der Waals surface area contributed by atoms with Crippen molar-refractivity contribution in [2.75, 3.05) is 7.11 Å². The summed E-state index contributed by atoms with van der Waals surface area (Å²) in [7, 11) is -2.48. The van der Waals surface area contributed by atoms with Crippen LogP contribution < -0.4 is 10.1 Å². The second kappa shape index (κ2) is 8.41. The molecule has 2 aromatic carbocycles. The average molecular weight is 456 g/mol. The maximum absolute atomic E-state index is 13.0. The first kappa shape index (κ1) is 20.9. The number of aromatic amines is 1. The molecule has 0 atom stereocenters. The molecule has 0 spiro atoms. The lowest BCUT2D eigenvalue weighted by atomic mass is 10.2. The van der Waals surface area contributed by atoms with Crippen LogP contribution >= 0.6 is 11.6 Å². The monoisotopic (exact) mass is 455 g/mol. The molecule has 9 heteroatoms. The molecule has 0 unspecified atom stereocenters. The number of ether oxygens (including phenoxy) is 1. The zero-order valence-electron chi connectivity index (χ0n) is 16.4. The standard InChI is InChI=1S/C22H18ClN3O4S/c1-30-20-4-2-3-17(23)21(20)31(28,29)16-7-5-14(6-8-16)12-25-22(27)19-11-15-13-24-10-9-18(15)26-19/h2-11,13,26H,12H2,1H3,(H,25,27). The largest absolute Gasteiger partial charge is 0.495 e. The van der Waals surface area contributed by atoms with E-state index in [1.54, 1.807) is 48.8 Å². The lowest BCUT2D eigenvalue weighted by Crippen LogP contribution is -2.23. The minimum Gasteiger partial charge on any atom is -0.495 e. The van der Waals surface area contributed by atoms with Crippen molar-refractivity contribution in [3.05, 3.63) is 83.3 Å². The van der Waals surface area contributed by atoms with E-state index in [2.05, 4.69) is 15.3 Å². The fourth-order valence-corrected chi connectivity index (χ4v) is 5.13. The van der Waals surface area contributed by atoms with Crippen molar-refractivity contribution in [2.45, 2.75) is 16.3 Å². The van der Waals surface area contributed by atoms with Crippen LogP contribution in [0.25, 0.3) is 10.9 Å². The second-order valence-corrected chi connectivity index (χ2v) is 9.04. The minimum atomic E-state index is -3.87. The number of nitrogens with zero attached hydrogens (tertiary/aromatic N) is 1. The van der Waals surface area contributed by atoms with Crippen LogP contribution in [0.15, 0.2) is 76.8 Å². The van der Waals surface area contributed by atoms with Crippen LogP contribution in [0.2, 0.25) is 5.02 Å². The number of benzene rings is 2. The Morgan fingerprint density at radius 2 is 1.94 bits per heavy atom. The molecule has 4 aromatic rings. The number of fused-ring (bicyclic) bond motifs is 1. The maximum atomic E-state index is 13.0. The number of hydrogen-bond donors (Lipinski definition) is 2. The fourth-order valence-electron chi connectivity index (χ4n) is 3.19. The molecular formula is C22H18ClN3O4S. The van der Waals surface area contributed by atoms with Gasteiger partial charge in [-0.05, 0) is 42.0 Å². The van der Waals surface area contributed by atoms with Gasteiger partial charge in [-0.1, -0.05) is 29.8 Å². The first-order valence-corrected chi connectivity index (χ1v) is 11.1. The van der Waals surface area contributed by atoms with E-state index in [9.17, 15) is 13.2 Å². The first-order valence-electron chi connectivity index (χ1n) is 9.27. The van der Waals surface area contributed by atoms with Gasteiger partial charge in [0.05, 0.1) is 17.0 Å². The molecule has 0 fully saturated rings. The van der Waals surface area contributed by atoms with Crippen LogP contribution in [-0.2, 0) is 16.4 Å². The van der Waals surface area contributed by atoms with E-state index in [-0.39, 0.29) is 33.0 Å². The second-order valence-electron chi connectivity index (χ2n) is 6.75. The highest BCUT2D eigenvalue weighted by Crippen LogP contribution is 2.35. The normalized spacial score (nSPS) is 11.4. The van der Waals surface area contributed by atoms with Crippen molar-refractivity contribution in [1.29, 1.82) is 0 Å². The number of pyridine rings is 1. The Labute approximate surface area is 184 Å². The lowest BCUT2D eigenvalue weighted by molar-refractivity contribution is 0.0946. The highest BCUT2D eigenvalue weighted by molar-refractivity contribution is 7.91. The molecule has 2 heterocycles. The van der Waals surface area contributed by atoms with Crippen LogP contribution in [0, 0.1) is 0 Å². The predicted molar refractivity (Wildman–Crippen MR) is 117 cm³/mol. The molecule has 0 aliphatic carbocycles. The van der Waals surface area contributed by atoms with Crippen molar-refractivity contribution in [2.24, 2.45) is 0 Å². The fraction of sp³-hybridized carbons (Fsp3) is 0.0909. The molecule has 0 radical (unpaired) electrons. The number of H-pyrrole nitrogens is 1. The molecule has 7 nitrogen and oxygen atoms in total. The molecule has 158 valence electrons. The highest BCUT2D eigenvalue weighted by atomic mass is 35.5. The SMILES string of the molecule is COc1cccc(Cl)c1S(=O)(=O)c1ccc(CNC(=O)c2cc3cnccc3[nH]2)cc1. The molecule has 2 N–H and O–H groups in total. The first-order chi connectivity index (χ1) is 14.9. The van der Waals surface area contributed by atoms with E-state index in [1.807, 2.05) is 0 Å². The number of amides is 1. The van der Waals surface area contributed by atoms with Crippen LogP contribution in [0.1, 0.15) is 16.1 Å². The summed E-state index contributed by atoms with van der Waals surface area (Å²) in [4.78, 5) is 19.5. The van der Waals surface area contributed by atoms with E-state index in [0.29, 0.717) is 5.69 Å². The molecule has 31 heavy (non-hydrogen) atoms. The zero-order chi connectivity index (χ0) is 22.0. The summed E-state index contributed by atoms with van der Waals surface area (Å²) in [6, 6.07) is 14.4. The number of halogens is 1. The van der Waals surface area contributed by atoms with E-state index >= 15 is 0 Å². The van der Waals surface area contributed by atoms with Gasteiger partial charge in [-0.15, -0.1) is 0 Å². The molecule has 2 aromatic heterocycles. The molecule has 0 bridgehead atoms. The van der Waals surface area contributed by atoms with Gasteiger partial charge in [0.15, 0.2) is 0 Å². The van der Waals surface area contributed by atoms with Crippen LogP contribution in [-0.4, -0.2) is 31.4 Å². The number of methoxy groups -OCH3 is 1. The number of sulfone groups is 1. The van der Waals surface area contributed by atoms with Gasteiger partial charge in [0.25, 0.3) is 5.91 Å². The summed E-state index contributed by atoms with van der Waals surface area (Å²) in [5, 5.41) is 3.74. The van der Waals surface area contributed by atoms with Gasteiger partial charge in [0.2, 0.25) is 9.84 Å². The van der Waals surface area contributed by atoms with Gasteiger partial charge in [-0.2, -0.15) is 0 Å². The van der Waals surface area contributed by atoms with Gasteiger partial charge in [-0.3, -0.25) is 9.78 Å². The summed E-state index contributed by atoms with van der Waals surface area (Å²) in [5.74, 6) is -0.0916. The highest BCUT2D eigenvalue weighted by Gasteiger charge is 2.25. The van der Waals surface area contributed by atoms with Gasteiger partial charge >= 0.3 is 0 Å². The molecule has 0 aliphatic rings. The Kier molecular flexibility index (Phi) is 5.67. The molecule has 0 aliphatic heterocycles. The van der Waals surface area contributed by atoms with E-state index in [4.69, 9.17) is 16.3 Å². The number of carbonyl (C=O) groups excluding carboxylic acids is 1. The lowest BCUT2D eigenvalue weighted by Gasteiger charge is -2.12. The molecule has 1 amide bonds. The summed E-state index contributed by atoms with van der Waals surface area (Å²) in [6.45, 7) is 0.238. The molecule has 0 saturated carbocycles. The zero-order valence-corrected chi connectivity index (χ0v) is 18.0. The van der Waals surface area contributed by atoms with Gasteiger partial charge in [-0.25, -0.2) is 8.42 Å². The molecular weight excluding hydrogens is 438 g/mol. The number of rotatable bonds is 6. The summed E-state index contributed by atoms with van der Waals surface area (Å²) in [6.07, 6.45) is 3.32. The maximum Gasteiger partial charge on any atom is 0.267 e. The topological polar surface area (TPSA) is 101 Å². The number of hydrogen-bond acceptors (Lipinski definition) is 5. The third kappa shape index (κ3) is 4.12. The van der Waals surface area contributed by atoms with E-state index < -0.39 is 9.84 Å². The van der Waals surface area contributed by atoms with Gasteiger partial charge in [0, 0.05) is 29.8 Å². The van der Waals surface area contributed by atoms with Gasteiger partial charge in [0.1, 0.15) is 16.3 Å². The Hall–Kier alpha value is -3.36. The smallest absolute Gasteiger partial charge is 0.267 e. The minimum absolute atomic E-state index is 0.0754. The summed E-state index contributed by atoms with van der Waals surface area (Å²) in [5.41, 5.74) is 1.99. The van der Waals surface area contributed by atoms with Crippen molar-refractivity contribution in [3.8, 4) is 5.75 Å².